The molecule has 104 valence electrons. The molecule has 3 fully saturated rings. The van der Waals surface area contributed by atoms with Gasteiger partial charge in [-0.25, -0.2) is 4.98 Å². The fraction of sp³-hybridized carbons (Fsp3) is 0.800. The highest BCUT2D eigenvalue weighted by atomic mass is 15.2. The summed E-state index contributed by atoms with van der Waals surface area (Å²) in [4.78, 5) is 6.84. The van der Waals surface area contributed by atoms with Crippen LogP contribution in [0.1, 0.15) is 38.1 Å². The van der Waals surface area contributed by atoms with Crippen molar-refractivity contribution in [2.24, 2.45) is 5.92 Å². The number of aromatic nitrogens is 2. The van der Waals surface area contributed by atoms with Crippen molar-refractivity contribution in [3.05, 3.63) is 18.7 Å². The zero-order valence-electron chi connectivity index (χ0n) is 11.5. The van der Waals surface area contributed by atoms with Gasteiger partial charge in [-0.2, -0.15) is 0 Å². The lowest BCUT2D eigenvalue weighted by atomic mass is 9.93. The molecule has 3 heterocycles. The molecule has 4 heteroatoms. The van der Waals surface area contributed by atoms with Crippen LogP contribution in [0.15, 0.2) is 18.7 Å². The predicted octanol–water partition coefficient (Wildman–Crippen LogP) is 1.66. The van der Waals surface area contributed by atoms with Crippen molar-refractivity contribution in [3.8, 4) is 0 Å². The third-order valence-electron chi connectivity index (χ3n) is 5.45. The molecular formula is C15H24N4. The molecule has 2 aliphatic heterocycles. The van der Waals surface area contributed by atoms with E-state index in [1.54, 1.807) is 0 Å². The molecule has 0 radical (unpaired) electrons. The van der Waals surface area contributed by atoms with Gasteiger partial charge in [-0.15, -0.1) is 0 Å². The first-order valence-electron chi connectivity index (χ1n) is 7.86. The van der Waals surface area contributed by atoms with E-state index in [-0.39, 0.29) is 0 Å². The third kappa shape index (κ3) is 2.21. The van der Waals surface area contributed by atoms with Gasteiger partial charge < -0.3 is 14.8 Å². The first-order chi connectivity index (χ1) is 9.40. The summed E-state index contributed by atoms with van der Waals surface area (Å²) >= 11 is 0. The van der Waals surface area contributed by atoms with Gasteiger partial charge in [0.1, 0.15) is 0 Å². The Labute approximate surface area is 115 Å². The second-order valence-electron chi connectivity index (χ2n) is 6.53. The van der Waals surface area contributed by atoms with Crippen molar-refractivity contribution in [3.63, 3.8) is 0 Å². The van der Waals surface area contributed by atoms with Crippen LogP contribution in [0.2, 0.25) is 0 Å². The largest absolute Gasteiger partial charge is 0.333 e. The third-order valence-corrected chi connectivity index (χ3v) is 5.45. The van der Waals surface area contributed by atoms with Gasteiger partial charge in [-0.05, 0) is 51.1 Å². The highest BCUT2D eigenvalue weighted by Gasteiger charge is 2.37. The quantitative estimate of drug-likeness (QED) is 0.897. The summed E-state index contributed by atoms with van der Waals surface area (Å²) in [6.07, 6.45) is 12.8. The van der Waals surface area contributed by atoms with Gasteiger partial charge in [0.15, 0.2) is 0 Å². The van der Waals surface area contributed by atoms with Crippen molar-refractivity contribution in [2.45, 2.75) is 50.2 Å². The van der Waals surface area contributed by atoms with Crippen molar-refractivity contribution < 1.29 is 0 Å². The van der Waals surface area contributed by atoms with Crippen LogP contribution >= 0.6 is 0 Å². The van der Waals surface area contributed by atoms with E-state index >= 15 is 0 Å². The second-order valence-corrected chi connectivity index (χ2v) is 6.53. The second kappa shape index (κ2) is 4.91. The average Bonchev–Trinajstić information content (AvgIpc) is 3.14. The normalized spacial score (nSPS) is 41.8. The minimum absolute atomic E-state index is 0.627. The zero-order chi connectivity index (χ0) is 12.7. The number of nitrogens with one attached hydrogen (secondary N) is 1. The van der Waals surface area contributed by atoms with Crippen molar-refractivity contribution in [2.75, 3.05) is 19.6 Å². The Morgan fingerprint density at radius 2 is 2.00 bits per heavy atom. The topological polar surface area (TPSA) is 33.1 Å². The molecule has 2 saturated heterocycles. The van der Waals surface area contributed by atoms with Crippen LogP contribution < -0.4 is 5.32 Å². The fourth-order valence-electron chi connectivity index (χ4n) is 4.40. The molecule has 1 aliphatic carbocycles. The van der Waals surface area contributed by atoms with E-state index < -0.39 is 0 Å². The predicted molar refractivity (Wildman–Crippen MR) is 75.0 cm³/mol. The highest BCUT2D eigenvalue weighted by molar-refractivity contribution is 4.97. The Hall–Kier alpha value is -0.870. The molecule has 0 aromatic carbocycles. The Morgan fingerprint density at radius 1 is 1.05 bits per heavy atom. The molecule has 1 saturated carbocycles. The SMILES string of the molecule is c1cn(C2CCCC2NC2CCN3CCC2C3)cn1. The summed E-state index contributed by atoms with van der Waals surface area (Å²) in [6.45, 7) is 3.97. The lowest BCUT2D eigenvalue weighted by Crippen LogP contribution is -2.49. The van der Waals surface area contributed by atoms with Crippen molar-refractivity contribution >= 4 is 0 Å². The van der Waals surface area contributed by atoms with Crippen molar-refractivity contribution in [1.82, 2.24) is 19.8 Å². The van der Waals surface area contributed by atoms with Crippen molar-refractivity contribution in [1.29, 1.82) is 0 Å². The minimum atomic E-state index is 0.627. The Balaban J connectivity index is 1.44. The van der Waals surface area contributed by atoms with Crippen LogP contribution in [0, 0.1) is 5.92 Å². The highest BCUT2D eigenvalue weighted by Crippen LogP contribution is 2.33. The summed E-state index contributed by atoms with van der Waals surface area (Å²) in [5.74, 6) is 0.901. The molecule has 2 bridgehead atoms. The monoisotopic (exact) mass is 260 g/mol. The molecule has 1 N–H and O–H groups in total. The molecule has 3 aliphatic rings. The first-order valence-corrected chi connectivity index (χ1v) is 7.86. The Bertz CT molecular complexity index is 416. The standard InChI is InChI=1S/C15H24N4/c1-2-14(15(3-1)19-9-6-16-11-19)17-13-5-8-18-7-4-12(13)10-18/h6,9,11-15,17H,1-5,7-8,10H2. The summed E-state index contributed by atoms with van der Waals surface area (Å²) in [5, 5.41) is 4.01. The maximum absolute atomic E-state index is 4.21. The molecule has 1 aromatic rings. The zero-order valence-corrected chi connectivity index (χ0v) is 11.5. The molecular weight excluding hydrogens is 236 g/mol. The van der Waals surface area contributed by atoms with Gasteiger partial charge in [0.25, 0.3) is 0 Å². The van der Waals surface area contributed by atoms with E-state index in [1.165, 1.54) is 51.7 Å². The number of rotatable bonds is 3. The summed E-state index contributed by atoms with van der Waals surface area (Å²) in [7, 11) is 0. The van der Waals surface area contributed by atoms with E-state index in [1.807, 2.05) is 12.5 Å². The minimum Gasteiger partial charge on any atom is -0.333 e. The summed E-state index contributed by atoms with van der Waals surface area (Å²) < 4.78 is 2.31. The number of nitrogens with zero attached hydrogens (tertiary/aromatic N) is 3. The van der Waals surface area contributed by atoms with E-state index in [0.29, 0.717) is 12.1 Å². The van der Waals surface area contributed by atoms with Crippen LogP contribution in [0.5, 0.6) is 0 Å². The molecule has 0 amide bonds. The Morgan fingerprint density at radius 3 is 2.89 bits per heavy atom. The molecule has 0 spiro atoms. The van der Waals surface area contributed by atoms with Crippen LogP contribution in [0.4, 0.5) is 0 Å². The van der Waals surface area contributed by atoms with Gasteiger partial charge in [0.05, 0.1) is 6.33 Å². The molecule has 5 unspecified atom stereocenters. The Kier molecular flexibility index (Phi) is 3.08. The fourth-order valence-corrected chi connectivity index (χ4v) is 4.40. The van der Waals surface area contributed by atoms with E-state index in [9.17, 15) is 0 Å². The van der Waals surface area contributed by atoms with Crippen LogP contribution in [-0.2, 0) is 0 Å². The van der Waals surface area contributed by atoms with Gasteiger partial charge in [-0.1, -0.05) is 0 Å². The number of fused-ring (bicyclic) bond motifs is 2. The van der Waals surface area contributed by atoms with Gasteiger partial charge in [0, 0.05) is 37.1 Å². The lowest BCUT2D eigenvalue weighted by molar-refractivity contribution is 0.200. The molecule has 1 aromatic heterocycles. The maximum Gasteiger partial charge on any atom is 0.0949 e. The average molecular weight is 260 g/mol. The van der Waals surface area contributed by atoms with E-state index in [2.05, 4.69) is 26.0 Å². The smallest absolute Gasteiger partial charge is 0.0949 e. The van der Waals surface area contributed by atoms with Crippen LogP contribution in [-0.4, -0.2) is 46.2 Å². The van der Waals surface area contributed by atoms with E-state index in [4.69, 9.17) is 0 Å². The molecule has 4 rings (SSSR count). The van der Waals surface area contributed by atoms with E-state index in [0.717, 1.165) is 12.0 Å². The molecule has 19 heavy (non-hydrogen) atoms. The van der Waals surface area contributed by atoms with Gasteiger partial charge in [-0.3, -0.25) is 0 Å². The summed E-state index contributed by atoms with van der Waals surface area (Å²) in [5.41, 5.74) is 0. The summed E-state index contributed by atoms with van der Waals surface area (Å²) in [6, 6.07) is 2.04. The number of hydrogen-bond acceptors (Lipinski definition) is 3. The van der Waals surface area contributed by atoms with Crippen LogP contribution in [0.3, 0.4) is 0 Å². The van der Waals surface area contributed by atoms with Gasteiger partial charge in [0.2, 0.25) is 0 Å². The molecule has 5 atom stereocenters. The maximum atomic E-state index is 4.21. The number of hydrogen-bond donors (Lipinski definition) is 1. The van der Waals surface area contributed by atoms with Gasteiger partial charge >= 0.3 is 0 Å². The number of imidazole rings is 1. The number of piperidine rings is 1. The molecule has 4 nitrogen and oxygen atoms in total. The first kappa shape index (κ1) is 11.9. The van der Waals surface area contributed by atoms with Crippen LogP contribution in [0.25, 0.3) is 0 Å². The lowest BCUT2D eigenvalue weighted by Gasteiger charge is -2.35.